The number of aliphatic carboxylic acids is 1. The van der Waals surface area contributed by atoms with E-state index in [0.29, 0.717) is 43.6 Å². The van der Waals surface area contributed by atoms with E-state index >= 15 is 0 Å². The predicted molar refractivity (Wildman–Crippen MR) is 109 cm³/mol. The SMILES string of the molecule is COc1cccc(OCC(O)CCCCS(=O)(=O)NCC#CCCCC(=O)O)c1. The number of hydrogen-bond donors (Lipinski definition) is 3. The van der Waals surface area contributed by atoms with E-state index in [4.69, 9.17) is 14.6 Å². The maximum atomic E-state index is 11.9. The van der Waals surface area contributed by atoms with E-state index in [0.717, 1.165) is 0 Å². The molecule has 0 radical (unpaired) electrons. The molecule has 29 heavy (non-hydrogen) atoms. The minimum atomic E-state index is -3.42. The molecule has 1 aromatic carbocycles. The Hall–Kier alpha value is -2.28. The lowest BCUT2D eigenvalue weighted by Crippen LogP contribution is -2.27. The first-order valence-electron chi connectivity index (χ1n) is 9.42. The number of rotatable bonds is 14. The zero-order chi connectivity index (χ0) is 21.5. The summed E-state index contributed by atoms with van der Waals surface area (Å²) in [5.74, 6) is 5.75. The average molecular weight is 428 g/mol. The molecule has 9 heteroatoms. The highest BCUT2D eigenvalue weighted by molar-refractivity contribution is 7.89. The maximum absolute atomic E-state index is 11.9. The van der Waals surface area contributed by atoms with E-state index in [1.807, 2.05) is 0 Å². The standard InChI is InChI=1S/C20H29NO7S/c1-27-18-10-8-11-19(15-18)28-16-17(22)9-5-7-14-29(25,26)21-13-6-3-2-4-12-20(23)24/h8,10-11,15,17,21-22H,2,4-5,7,9,12-14,16H2,1H3,(H,23,24). The van der Waals surface area contributed by atoms with Gasteiger partial charge in [0.15, 0.2) is 0 Å². The van der Waals surface area contributed by atoms with Crippen LogP contribution < -0.4 is 14.2 Å². The van der Waals surface area contributed by atoms with Crippen molar-refractivity contribution < 1.29 is 32.9 Å². The van der Waals surface area contributed by atoms with Crippen LogP contribution in [-0.2, 0) is 14.8 Å². The first-order valence-corrected chi connectivity index (χ1v) is 11.1. The van der Waals surface area contributed by atoms with Gasteiger partial charge in [0, 0.05) is 18.9 Å². The normalized spacial score (nSPS) is 11.9. The van der Waals surface area contributed by atoms with Gasteiger partial charge in [0.05, 0.1) is 25.5 Å². The Morgan fingerprint density at radius 2 is 1.97 bits per heavy atom. The molecule has 0 spiro atoms. The topological polar surface area (TPSA) is 122 Å². The molecule has 1 aromatic rings. The third-order valence-electron chi connectivity index (χ3n) is 3.88. The number of ether oxygens (including phenoxy) is 2. The Morgan fingerprint density at radius 3 is 2.69 bits per heavy atom. The van der Waals surface area contributed by atoms with Gasteiger partial charge in [-0.15, -0.1) is 5.92 Å². The summed E-state index contributed by atoms with van der Waals surface area (Å²) in [5, 5.41) is 18.5. The molecule has 1 rings (SSSR count). The van der Waals surface area contributed by atoms with Gasteiger partial charge in [-0.1, -0.05) is 12.0 Å². The lowest BCUT2D eigenvalue weighted by Gasteiger charge is -2.13. The van der Waals surface area contributed by atoms with Gasteiger partial charge in [-0.3, -0.25) is 4.79 Å². The van der Waals surface area contributed by atoms with Gasteiger partial charge in [0.1, 0.15) is 18.1 Å². The third kappa shape index (κ3) is 12.7. The Labute approximate surface area is 172 Å². The smallest absolute Gasteiger partial charge is 0.303 e. The Kier molecular flexibility index (Phi) is 11.8. The van der Waals surface area contributed by atoms with Gasteiger partial charge in [-0.25, -0.2) is 13.1 Å². The largest absolute Gasteiger partial charge is 0.497 e. The van der Waals surface area contributed by atoms with E-state index in [1.54, 1.807) is 31.4 Å². The predicted octanol–water partition coefficient (Wildman–Crippen LogP) is 1.78. The van der Waals surface area contributed by atoms with Gasteiger partial charge in [0.25, 0.3) is 0 Å². The van der Waals surface area contributed by atoms with Gasteiger partial charge in [-0.2, -0.15) is 0 Å². The number of methoxy groups -OCH3 is 1. The number of carbonyl (C=O) groups is 1. The van der Waals surface area contributed by atoms with Crippen LogP contribution in [0.5, 0.6) is 11.5 Å². The van der Waals surface area contributed by atoms with Crippen molar-refractivity contribution in [2.24, 2.45) is 0 Å². The van der Waals surface area contributed by atoms with Crippen molar-refractivity contribution in [1.29, 1.82) is 0 Å². The van der Waals surface area contributed by atoms with Crippen LogP contribution in [0.2, 0.25) is 0 Å². The molecule has 0 heterocycles. The number of hydrogen-bond acceptors (Lipinski definition) is 6. The van der Waals surface area contributed by atoms with Gasteiger partial charge in [0.2, 0.25) is 10.0 Å². The molecule has 3 N–H and O–H groups in total. The highest BCUT2D eigenvalue weighted by atomic mass is 32.2. The highest BCUT2D eigenvalue weighted by Crippen LogP contribution is 2.19. The van der Waals surface area contributed by atoms with Crippen molar-refractivity contribution in [2.75, 3.05) is 26.0 Å². The quantitative estimate of drug-likeness (QED) is 0.306. The molecule has 0 fully saturated rings. The molecular formula is C20H29NO7S. The fourth-order valence-electron chi connectivity index (χ4n) is 2.34. The average Bonchev–Trinajstić information content (AvgIpc) is 2.69. The minimum absolute atomic E-state index is 0.00636. The van der Waals surface area contributed by atoms with Crippen molar-refractivity contribution in [3.05, 3.63) is 24.3 Å². The van der Waals surface area contributed by atoms with Crippen molar-refractivity contribution in [3.8, 4) is 23.3 Å². The molecule has 0 aromatic heterocycles. The summed E-state index contributed by atoms with van der Waals surface area (Å²) in [6.45, 7) is 0.127. The fraction of sp³-hybridized carbons (Fsp3) is 0.550. The molecule has 162 valence electrons. The van der Waals surface area contributed by atoms with Crippen LogP contribution >= 0.6 is 0 Å². The number of sulfonamides is 1. The summed E-state index contributed by atoms with van der Waals surface area (Å²) in [5.41, 5.74) is 0. The van der Waals surface area contributed by atoms with Gasteiger partial charge >= 0.3 is 5.97 Å². The number of nitrogens with one attached hydrogen (secondary N) is 1. The molecule has 0 aliphatic rings. The Morgan fingerprint density at radius 1 is 1.21 bits per heavy atom. The molecule has 1 unspecified atom stereocenters. The summed E-state index contributed by atoms with van der Waals surface area (Å²) in [6, 6.07) is 7.07. The number of benzene rings is 1. The van der Waals surface area contributed by atoms with E-state index in [1.165, 1.54) is 0 Å². The van der Waals surface area contributed by atoms with Crippen molar-refractivity contribution >= 4 is 16.0 Å². The van der Waals surface area contributed by atoms with E-state index in [2.05, 4.69) is 16.6 Å². The Balaban J connectivity index is 2.15. The molecule has 0 bridgehead atoms. The van der Waals surface area contributed by atoms with E-state index in [9.17, 15) is 18.3 Å². The summed E-state index contributed by atoms with van der Waals surface area (Å²) in [6.07, 6.45) is 1.62. The van der Waals surface area contributed by atoms with Crippen LogP contribution in [-0.4, -0.2) is 56.7 Å². The molecule has 0 saturated heterocycles. The number of unbranched alkanes of at least 4 members (excludes halogenated alkanes) is 2. The maximum Gasteiger partial charge on any atom is 0.303 e. The molecule has 0 aliphatic carbocycles. The zero-order valence-electron chi connectivity index (χ0n) is 16.6. The number of aliphatic hydroxyl groups excluding tert-OH is 1. The second-order valence-corrected chi connectivity index (χ2v) is 8.31. The lowest BCUT2D eigenvalue weighted by atomic mass is 10.2. The Bertz CT molecular complexity index is 784. The van der Waals surface area contributed by atoms with E-state index in [-0.39, 0.29) is 25.3 Å². The molecule has 1 atom stereocenters. The van der Waals surface area contributed by atoms with Crippen LogP contribution in [0.1, 0.15) is 38.5 Å². The summed E-state index contributed by atoms with van der Waals surface area (Å²) < 4.78 is 36.7. The number of carboxylic acids is 1. The molecule has 0 aliphatic heterocycles. The van der Waals surface area contributed by atoms with Gasteiger partial charge < -0.3 is 19.7 Å². The fourth-order valence-corrected chi connectivity index (χ4v) is 3.36. The van der Waals surface area contributed by atoms with Gasteiger partial charge in [-0.05, 0) is 37.8 Å². The second kappa shape index (κ2) is 13.8. The summed E-state index contributed by atoms with van der Waals surface area (Å²) in [7, 11) is -1.86. The van der Waals surface area contributed by atoms with Crippen molar-refractivity contribution in [3.63, 3.8) is 0 Å². The van der Waals surface area contributed by atoms with Crippen LogP contribution in [0.25, 0.3) is 0 Å². The van der Waals surface area contributed by atoms with Crippen LogP contribution in [0, 0.1) is 11.8 Å². The molecular weight excluding hydrogens is 398 g/mol. The molecule has 8 nitrogen and oxygen atoms in total. The first-order chi connectivity index (χ1) is 13.8. The number of carboxylic acid groups (broad SMARTS) is 1. The van der Waals surface area contributed by atoms with Crippen LogP contribution in [0.15, 0.2) is 24.3 Å². The number of aliphatic hydroxyl groups is 1. The third-order valence-corrected chi connectivity index (χ3v) is 5.29. The molecule has 0 amide bonds. The summed E-state index contributed by atoms with van der Waals surface area (Å²) >= 11 is 0. The van der Waals surface area contributed by atoms with E-state index < -0.39 is 22.1 Å². The minimum Gasteiger partial charge on any atom is -0.497 e. The van der Waals surface area contributed by atoms with Crippen molar-refractivity contribution in [1.82, 2.24) is 4.72 Å². The monoisotopic (exact) mass is 427 g/mol. The lowest BCUT2D eigenvalue weighted by molar-refractivity contribution is -0.137. The zero-order valence-corrected chi connectivity index (χ0v) is 17.4. The highest BCUT2D eigenvalue weighted by Gasteiger charge is 2.10. The first kappa shape index (κ1) is 24.8. The van der Waals surface area contributed by atoms with Crippen LogP contribution in [0.4, 0.5) is 0 Å². The van der Waals surface area contributed by atoms with Crippen LogP contribution in [0.3, 0.4) is 0 Å². The second-order valence-electron chi connectivity index (χ2n) is 6.38. The molecule has 0 saturated carbocycles. The van der Waals surface area contributed by atoms with Crippen molar-refractivity contribution in [2.45, 2.75) is 44.6 Å². The summed E-state index contributed by atoms with van der Waals surface area (Å²) in [4.78, 5) is 10.3.